The van der Waals surface area contributed by atoms with Crippen molar-refractivity contribution in [2.45, 2.75) is 9.92 Å². The van der Waals surface area contributed by atoms with Crippen LogP contribution in [-0.2, 0) is 0 Å². The Morgan fingerprint density at radius 3 is 2.65 bits per heavy atom. The van der Waals surface area contributed by atoms with Gasteiger partial charge in [-0.3, -0.25) is 5.43 Å². The molecular weight excluding hydrogens is 263 g/mol. The van der Waals surface area contributed by atoms with E-state index in [1.165, 1.54) is 30.1 Å². The number of halogens is 2. The van der Waals surface area contributed by atoms with Gasteiger partial charge in [-0.1, -0.05) is 23.4 Å². The van der Waals surface area contributed by atoms with Gasteiger partial charge in [0.05, 0.1) is 11.2 Å². The molecule has 2 aromatic rings. The molecule has 7 heteroatoms. The van der Waals surface area contributed by atoms with E-state index in [0.29, 0.717) is 10.0 Å². The SMILES string of the molecule is NNc1ncc(Cl)c(Sc2ccc(F)cc2)n1. The number of nitrogen functional groups attached to an aromatic ring is 1. The molecule has 0 aliphatic carbocycles. The van der Waals surface area contributed by atoms with Crippen LogP contribution < -0.4 is 11.3 Å². The summed E-state index contributed by atoms with van der Waals surface area (Å²) in [5, 5.41) is 0.972. The van der Waals surface area contributed by atoms with Crippen molar-refractivity contribution in [3.8, 4) is 0 Å². The Morgan fingerprint density at radius 2 is 2.00 bits per heavy atom. The first-order valence-electron chi connectivity index (χ1n) is 4.61. The van der Waals surface area contributed by atoms with Crippen molar-refractivity contribution in [1.82, 2.24) is 9.97 Å². The van der Waals surface area contributed by atoms with Crippen LogP contribution >= 0.6 is 23.4 Å². The van der Waals surface area contributed by atoms with E-state index in [4.69, 9.17) is 17.4 Å². The molecule has 0 aliphatic heterocycles. The van der Waals surface area contributed by atoms with E-state index >= 15 is 0 Å². The number of nitrogens with one attached hydrogen (secondary N) is 1. The molecule has 0 aliphatic rings. The summed E-state index contributed by atoms with van der Waals surface area (Å²) in [7, 11) is 0. The van der Waals surface area contributed by atoms with Crippen molar-refractivity contribution in [3.05, 3.63) is 41.3 Å². The van der Waals surface area contributed by atoms with E-state index in [2.05, 4.69) is 15.4 Å². The maximum absolute atomic E-state index is 12.7. The number of nitrogens with zero attached hydrogens (tertiary/aromatic N) is 2. The zero-order valence-corrected chi connectivity index (χ0v) is 10.1. The molecule has 0 amide bonds. The predicted molar refractivity (Wildman–Crippen MR) is 65.4 cm³/mol. The van der Waals surface area contributed by atoms with Gasteiger partial charge in [0.25, 0.3) is 0 Å². The number of hydrazine groups is 1. The zero-order chi connectivity index (χ0) is 12.3. The van der Waals surface area contributed by atoms with Gasteiger partial charge in [-0.05, 0) is 24.3 Å². The molecule has 0 fully saturated rings. The van der Waals surface area contributed by atoms with Gasteiger partial charge in [-0.15, -0.1) is 0 Å². The fourth-order valence-electron chi connectivity index (χ4n) is 1.11. The van der Waals surface area contributed by atoms with Gasteiger partial charge < -0.3 is 0 Å². The molecule has 1 aromatic carbocycles. The third-order valence-electron chi connectivity index (χ3n) is 1.87. The fraction of sp³-hybridized carbons (Fsp3) is 0. The van der Waals surface area contributed by atoms with Crippen LogP contribution in [0.1, 0.15) is 0 Å². The fourth-order valence-corrected chi connectivity index (χ4v) is 2.09. The van der Waals surface area contributed by atoms with Crippen LogP contribution in [0, 0.1) is 5.82 Å². The maximum atomic E-state index is 12.7. The van der Waals surface area contributed by atoms with E-state index in [1.807, 2.05) is 0 Å². The van der Waals surface area contributed by atoms with Gasteiger partial charge in [0.15, 0.2) is 0 Å². The topological polar surface area (TPSA) is 63.8 Å². The first-order valence-corrected chi connectivity index (χ1v) is 5.81. The number of hydrogen-bond donors (Lipinski definition) is 2. The van der Waals surface area contributed by atoms with Gasteiger partial charge >= 0.3 is 0 Å². The molecule has 0 atom stereocenters. The average Bonchev–Trinajstić information content (AvgIpc) is 2.35. The summed E-state index contributed by atoms with van der Waals surface area (Å²) in [5.74, 6) is 5.20. The summed E-state index contributed by atoms with van der Waals surface area (Å²) < 4.78 is 12.7. The van der Waals surface area contributed by atoms with E-state index in [0.717, 1.165) is 4.90 Å². The molecule has 88 valence electrons. The second-order valence-electron chi connectivity index (χ2n) is 3.05. The van der Waals surface area contributed by atoms with Crippen molar-refractivity contribution in [2.24, 2.45) is 5.84 Å². The minimum atomic E-state index is -0.285. The minimum absolute atomic E-state index is 0.277. The molecule has 4 nitrogen and oxygen atoms in total. The van der Waals surface area contributed by atoms with Crippen molar-refractivity contribution < 1.29 is 4.39 Å². The highest BCUT2D eigenvalue weighted by atomic mass is 35.5. The standard InChI is InChI=1S/C10H8ClFN4S/c11-8-5-14-10(16-13)15-9(8)17-7-3-1-6(12)2-4-7/h1-5H,13H2,(H,14,15,16). The van der Waals surface area contributed by atoms with Crippen molar-refractivity contribution >= 4 is 29.3 Å². The largest absolute Gasteiger partial charge is 0.292 e. The lowest BCUT2D eigenvalue weighted by atomic mass is 10.4. The minimum Gasteiger partial charge on any atom is -0.292 e. The number of hydrogen-bond acceptors (Lipinski definition) is 5. The maximum Gasteiger partial charge on any atom is 0.238 e. The Morgan fingerprint density at radius 1 is 1.29 bits per heavy atom. The highest BCUT2D eigenvalue weighted by Gasteiger charge is 2.07. The number of anilines is 1. The first kappa shape index (κ1) is 12.1. The number of rotatable bonds is 3. The first-order chi connectivity index (χ1) is 8.19. The lowest BCUT2D eigenvalue weighted by molar-refractivity contribution is 0.626. The van der Waals surface area contributed by atoms with Crippen LogP contribution in [-0.4, -0.2) is 9.97 Å². The molecular formula is C10H8ClFN4S. The molecule has 1 aromatic heterocycles. The highest BCUT2D eigenvalue weighted by Crippen LogP contribution is 2.31. The summed E-state index contributed by atoms with van der Waals surface area (Å²) in [6.07, 6.45) is 1.45. The second-order valence-corrected chi connectivity index (χ2v) is 4.52. The average molecular weight is 271 g/mol. The summed E-state index contributed by atoms with van der Waals surface area (Å²) in [5.41, 5.74) is 2.34. The third-order valence-corrected chi connectivity index (χ3v) is 3.27. The van der Waals surface area contributed by atoms with Gasteiger partial charge in [0.2, 0.25) is 5.95 Å². The number of nitrogens with two attached hydrogens (primary N) is 1. The quantitative estimate of drug-likeness (QED) is 0.510. The van der Waals surface area contributed by atoms with Gasteiger partial charge in [0, 0.05) is 4.90 Å². The molecule has 1 heterocycles. The molecule has 0 radical (unpaired) electrons. The van der Waals surface area contributed by atoms with E-state index in [9.17, 15) is 4.39 Å². The Labute approximate surface area is 106 Å². The molecule has 0 spiro atoms. The van der Waals surface area contributed by atoms with Crippen LogP contribution in [0.25, 0.3) is 0 Å². The van der Waals surface area contributed by atoms with Crippen molar-refractivity contribution in [1.29, 1.82) is 0 Å². The molecule has 0 saturated carbocycles. The Kier molecular flexibility index (Phi) is 3.78. The molecule has 2 rings (SSSR count). The summed E-state index contributed by atoms with van der Waals surface area (Å²) >= 11 is 7.25. The summed E-state index contributed by atoms with van der Waals surface area (Å²) in [6, 6.07) is 6.04. The monoisotopic (exact) mass is 270 g/mol. The van der Waals surface area contributed by atoms with Gasteiger partial charge in [-0.2, -0.15) is 0 Å². The lowest BCUT2D eigenvalue weighted by Crippen LogP contribution is -2.10. The summed E-state index contributed by atoms with van der Waals surface area (Å²) in [4.78, 5) is 8.79. The molecule has 3 N–H and O–H groups in total. The predicted octanol–water partition coefficient (Wildman–Crippen LogP) is 2.71. The Bertz CT molecular complexity index is 520. The Hall–Kier alpha value is -1.37. The molecule has 0 saturated heterocycles. The normalized spacial score (nSPS) is 10.3. The van der Waals surface area contributed by atoms with E-state index in [-0.39, 0.29) is 11.8 Å². The number of benzene rings is 1. The zero-order valence-electron chi connectivity index (χ0n) is 8.52. The molecule has 0 bridgehead atoms. The Balaban J connectivity index is 2.25. The van der Waals surface area contributed by atoms with Gasteiger partial charge in [-0.25, -0.2) is 20.2 Å². The molecule has 17 heavy (non-hydrogen) atoms. The van der Waals surface area contributed by atoms with Crippen LogP contribution in [0.3, 0.4) is 0 Å². The molecule has 0 unspecified atom stereocenters. The van der Waals surface area contributed by atoms with Crippen LogP contribution in [0.5, 0.6) is 0 Å². The van der Waals surface area contributed by atoms with E-state index < -0.39 is 0 Å². The van der Waals surface area contributed by atoms with E-state index in [1.54, 1.807) is 12.1 Å². The van der Waals surface area contributed by atoms with Crippen LogP contribution in [0.2, 0.25) is 5.02 Å². The van der Waals surface area contributed by atoms with Crippen molar-refractivity contribution in [2.75, 3.05) is 5.43 Å². The number of aromatic nitrogens is 2. The highest BCUT2D eigenvalue weighted by molar-refractivity contribution is 7.99. The van der Waals surface area contributed by atoms with Crippen molar-refractivity contribution in [3.63, 3.8) is 0 Å². The summed E-state index contributed by atoms with van der Waals surface area (Å²) in [6.45, 7) is 0. The van der Waals surface area contributed by atoms with Crippen LogP contribution in [0.15, 0.2) is 40.4 Å². The van der Waals surface area contributed by atoms with Gasteiger partial charge in [0.1, 0.15) is 10.8 Å². The van der Waals surface area contributed by atoms with Crippen LogP contribution in [0.4, 0.5) is 10.3 Å². The second kappa shape index (κ2) is 5.31. The third kappa shape index (κ3) is 3.06. The lowest BCUT2D eigenvalue weighted by Gasteiger charge is -2.04. The smallest absolute Gasteiger partial charge is 0.238 e.